The minimum Gasteiger partial charge on any atom is -0.313 e. The summed E-state index contributed by atoms with van der Waals surface area (Å²) in [6, 6.07) is 0. The third-order valence-electron chi connectivity index (χ3n) is 4.64. The van der Waals surface area contributed by atoms with Gasteiger partial charge in [0, 0.05) is 12.3 Å². The number of hydroxylamine groups is 2. The van der Waals surface area contributed by atoms with Crippen LogP contribution in [0, 0.1) is 5.92 Å². The van der Waals surface area contributed by atoms with Crippen LogP contribution in [0.2, 0.25) is 0 Å². The monoisotopic (exact) mass is 255 g/mol. The van der Waals surface area contributed by atoms with Crippen LogP contribution < -0.4 is 0 Å². The molecule has 1 rings (SSSR count). The largest absolute Gasteiger partial charge is 0.313 e. The molecule has 0 aliphatic carbocycles. The third kappa shape index (κ3) is 2.48. The van der Waals surface area contributed by atoms with Crippen molar-refractivity contribution >= 4 is 5.78 Å². The van der Waals surface area contributed by atoms with Gasteiger partial charge in [0.25, 0.3) is 0 Å². The minimum atomic E-state index is -0.400. The first-order chi connectivity index (χ1) is 8.35. The highest BCUT2D eigenvalue weighted by atomic mass is 16.5. The van der Waals surface area contributed by atoms with Gasteiger partial charge in [-0.3, -0.25) is 4.79 Å². The summed E-state index contributed by atoms with van der Waals surface area (Å²) >= 11 is 0. The Morgan fingerprint density at radius 2 is 1.78 bits per heavy atom. The van der Waals surface area contributed by atoms with Crippen LogP contribution >= 0.6 is 0 Å². The molecule has 1 aliphatic heterocycles. The van der Waals surface area contributed by atoms with E-state index < -0.39 is 5.54 Å². The van der Waals surface area contributed by atoms with Gasteiger partial charge in [0.2, 0.25) is 0 Å². The zero-order valence-corrected chi connectivity index (χ0v) is 12.6. The number of Topliss-reactive ketones (excluding diaryl/α,β-unsaturated/α-hetero) is 1. The van der Waals surface area contributed by atoms with Crippen LogP contribution in [0.15, 0.2) is 0 Å². The van der Waals surface area contributed by atoms with E-state index in [1.54, 1.807) is 0 Å². The molecule has 0 aromatic heterocycles. The maximum absolute atomic E-state index is 12.4. The van der Waals surface area contributed by atoms with E-state index in [1.807, 2.05) is 13.8 Å². The second-order valence-corrected chi connectivity index (χ2v) is 6.27. The number of ketones is 1. The maximum atomic E-state index is 12.4. The van der Waals surface area contributed by atoms with E-state index >= 15 is 0 Å². The normalized spacial score (nSPS) is 38.1. The number of hydrogen-bond acceptors (Lipinski definition) is 3. The zero-order valence-electron chi connectivity index (χ0n) is 12.6. The minimum absolute atomic E-state index is 0.0348. The van der Waals surface area contributed by atoms with Crippen molar-refractivity contribution in [2.24, 2.45) is 5.92 Å². The molecular formula is C15H29NO2. The average molecular weight is 255 g/mol. The summed E-state index contributed by atoms with van der Waals surface area (Å²) in [5.41, 5.74) is -0.788. The Balaban J connectivity index is 3.11. The lowest BCUT2D eigenvalue weighted by Crippen LogP contribution is -2.66. The van der Waals surface area contributed by atoms with E-state index in [-0.39, 0.29) is 11.5 Å². The highest BCUT2D eigenvalue weighted by molar-refractivity contribution is 5.84. The van der Waals surface area contributed by atoms with Crippen molar-refractivity contribution in [3.05, 3.63) is 0 Å². The van der Waals surface area contributed by atoms with Crippen LogP contribution in [-0.4, -0.2) is 27.1 Å². The zero-order chi connectivity index (χ0) is 14.0. The number of nitrogens with zero attached hydrogens (tertiary/aromatic N) is 1. The Labute approximate surface area is 112 Å². The van der Waals surface area contributed by atoms with E-state index in [9.17, 15) is 10.0 Å². The second-order valence-electron chi connectivity index (χ2n) is 6.27. The first kappa shape index (κ1) is 15.6. The summed E-state index contributed by atoms with van der Waals surface area (Å²) in [7, 11) is 0. The lowest BCUT2D eigenvalue weighted by molar-refractivity contribution is -0.264. The molecule has 0 aromatic carbocycles. The second kappa shape index (κ2) is 5.70. The van der Waals surface area contributed by atoms with Crippen LogP contribution in [0.5, 0.6) is 0 Å². The van der Waals surface area contributed by atoms with Gasteiger partial charge in [0.05, 0.1) is 11.1 Å². The molecule has 0 amide bonds. The third-order valence-corrected chi connectivity index (χ3v) is 4.64. The van der Waals surface area contributed by atoms with Gasteiger partial charge < -0.3 is 5.21 Å². The molecule has 1 saturated heterocycles. The summed E-state index contributed by atoms with van der Waals surface area (Å²) in [5, 5.41) is 12.2. The molecule has 3 heteroatoms. The predicted octanol–water partition coefficient (Wildman–Crippen LogP) is 3.79. The molecule has 1 heterocycles. The summed E-state index contributed by atoms with van der Waals surface area (Å²) in [5.74, 6) is 0.294. The highest BCUT2D eigenvalue weighted by Crippen LogP contribution is 2.44. The van der Waals surface area contributed by atoms with E-state index in [4.69, 9.17) is 0 Å². The summed E-state index contributed by atoms with van der Waals surface area (Å²) in [4.78, 5) is 12.4. The predicted molar refractivity (Wildman–Crippen MR) is 73.7 cm³/mol. The smallest absolute Gasteiger partial charge is 0.139 e. The molecule has 3 atom stereocenters. The van der Waals surface area contributed by atoms with E-state index in [0.717, 1.165) is 32.1 Å². The molecule has 0 radical (unpaired) electrons. The number of carbonyl (C=O) groups excluding carboxylic acids is 1. The molecule has 0 saturated carbocycles. The molecule has 1 aliphatic rings. The lowest BCUT2D eigenvalue weighted by atomic mass is 9.68. The van der Waals surface area contributed by atoms with Gasteiger partial charge in [-0.1, -0.05) is 33.6 Å². The van der Waals surface area contributed by atoms with Gasteiger partial charge >= 0.3 is 0 Å². The van der Waals surface area contributed by atoms with Gasteiger partial charge in [-0.25, -0.2) is 0 Å². The molecule has 1 fully saturated rings. The SMILES string of the molecule is CCCC1(C)CC(=O)C(CC)C(C)(CCC)N1O. The van der Waals surface area contributed by atoms with Crippen LogP contribution in [0.1, 0.15) is 73.1 Å². The first-order valence-electron chi connectivity index (χ1n) is 7.37. The van der Waals surface area contributed by atoms with Crippen molar-refractivity contribution in [2.75, 3.05) is 0 Å². The molecular weight excluding hydrogens is 226 g/mol. The van der Waals surface area contributed by atoms with Crippen molar-refractivity contribution < 1.29 is 10.0 Å². The number of rotatable bonds is 5. The van der Waals surface area contributed by atoms with Gasteiger partial charge in [-0.15, -0.1) is 0 Å². The standard InChI is InChI=1S/C15H29NO2/c1-6-9-14(4)11-13(17)12(8-3)15(5,10-7-2)16(14)18/h12,18H,6-11H2,1-5H3. The topological polar surface area (TPSA) is 40.5 Å². The molecule has 106 valence electrons. The molecule has 3 unspecified atom stereocenters. The van der Waals surface area contributed by atoms with Crippen molar-refractivity contribution in [2.45, 2.75) is 84.2 Å². The average Bonchev–Trinajstić information content (AvgIpc) is 2.27. The summed E-state index contributed by atoms with van der Waals surface area (Å²) in [6.45, 7) is 10.3. The fourth-order valence-electron chi connectivity index (χ4n) is 3.87. The van der Waals surface area contributed by atoms with Crippen LogP contribution in [0.25, 0.3) is 0 Å². The van der Waals surface area contributed by atoms with Gasteiger partial charge in [-0.2, -0.15) is 5.06 Å². The lowest BCUT2D eigenvalue weighted by Gasteiger charge is -2.55. The van der Waals surface area contributed by atoms with Crippen molar-refractivity contribution in [1.82, 2.24) is 5.06 Å². The fourth-order valence-corrected chi connectivity index (χ4v) is 3.87. The van der Waals surface area contributed by atoms with Crippen LogP contribution in [-0.2, 0) is 4.79 Å². The Kier molecular flexibility index (Phi) is 4.96. The van der Waals surface area contributed by atoms with Crippen LogP contribution in [0.4, 0.5) is 0 Å². The Morgan fingerprint density at radius 1 is 1.22 bits per heavy atom. The maximum Gasteiger partial charge on any atom is 0.139 e. The quantitative estimate of drug-likeness (QED) is 0.812. The van der Waals surface area contributed by atoms with Gasteiger partial charge in [0.1, 0.15) is 5.78 Å². The molecule has 18 heavy (non-hydrogen) atoms. The summed E-state index contributed by atoms with van der Waals surface area (Å²) in [6.07, 6.45) is 5.00. The molecule has 0 bridgehead atoms. The number of carbonyl (C=O) groups is 1. The fraction of sp³-hybridized carbons (Fsp3) is 0.933. The Hall–Kier alpha value is -0.410. The molecule has 0 aromatic rings. The number of hydrogen-bond donors (Lipinski definition) is 1. The Bertz CT molecular complexity index is 305. The van der Waals surface area contributed by atoms with Crippen molar-refractivity contribution in [3.8, 4) is 0 Å². The van der Waals surface area contributed by atoms with E-state index in [1.165, 1.54) is 5.06 Å². The molecule has 1 N–H and O–H groups in total. The van der Waals surface area contributed by atoms with E-state index in [0.29, 0.717) is 12.2 Å². The van der Waals surface area contributed by atoms with Crippen molar-refractivity contribution in [3.63, 3.8) is 0 Å². The molecule has 0 spiro atoms. The molecule has 3 nitrogen and oxygen atoms in total. The van der Waals surface area contributed by atoms with Crippen LogP contribution in [0.3, 0.4) is 0 Å². The van der Waals surface area contributed by atoms with Crippen molar-refractivity contribution in [1.29, 1.82) is 0 Å². The van der Waals surface area contributed by atoms with E-state index in [2.05, 4.69) is 20.8 Å². The Morgan fingerprint density at radius 3 is 2.22 bits per heavy atom. The first-order valence-corrected chi connectivity index (χ1v) is 7.37. The van der Waals surface area contributed by atoms with Gasteiger partial charge in [0.15, 0.2) is 0 Å². The van der Waals surface area contributed by atoms with Gasteiger partial charge in [-0.05, 0) is 33.1 Å². The highest BCUT2D eigenvalue weighted by Gasteiger charge is 2.53. The number of piperidine rings is 1. The summed E-state index contributed by atoms with van der Waals surface area (Å²) < 4.78 is 0.